The molecule has 0 heterocycles. The van der Waals surface area contributed by atoms with E-state index >= 15 is 0 Å². The third kappa shape index (κ3) is 4.11. The van der Waals surface area contributed by atoms with Crippen molar-refractivity contribution in [2.45, 2.75) is 11.8 Å². The van der Waals surface area contributed by atoms with E-state index in [0.717, 1.165) is 16.3 Å². The van der Waals surface area contributed by atoms with E-state index in [0.29, 0.717) is 5.69 Å². The van der Waals surface area contributed by atoms with Gasteiger partial charge in [-0.25, -0.2) is 8.42 Å². The second-order valence-corrected chi connectivity index (χ2v) is 7.89. The van der Waals surface area contributed by atoms with Gasteiger partial charge in [0.2, 0.25) is 0 Å². The summed E-state index contributed by atoms with van der Waals surface area (Å²) in [6.45, 7) is 1.91. The Balaban J connectivity index is 2.34. The van der Waals surface area contributed by atoms with E-state index < -0.39 is 9.84 Å². The summed E-state index contributed by atoms with van der Waals surface area (Å²) in [5, 5.41) is 2.75. The Bertz CT molecular complexity index is 862. The number of nitrogens with one attached hydrogen (secondary N) is 1. The molecular formula is C16H16BrNO4S. The molecule has 0 aliphatic carbocycles. The van der Waals surface area contributed by atoms with Crippen molar-refractivity contribution >= 4 is 37.4 Å². The molecule has 0 aromatic heterocycles. The molecule has 0 atom stereocenters. The minimum absolute atomic E-state index is 0.0142. The number of hydrogen-bond acceptors (Lipinski definition) is 4. The molecule has 1 N–H and O–H groups in total. The van der Waals surface area contributed by atoms with Gasteiger partial charge in [0.15, 0.2) is 9.84 Å². The molecule has 0 unspecified atom stereocenters. The average Bonchev–Trinajstić information content (AvgIpc) is 2.49. The normalized spacial score (nSPS) is 11.1. The van der Waals surface area contributed by atoms with Crippen molar-refractivity contribution in [1.82, 2.24) is 0 Å². The Morgan fingerprint density at radius 1 is 1.17 bits per heavy atom. The van der Waals surface area contributed by atoms with Gasteiger partial charge in [0.1, 0.15) is 10.6 Å². The molecule has 0 bridgehead atoms. The zero-order chi connectivity index (χ0) is 17.2. The lowest BCUT2D eigenvalue weighted by Crippen LogP contribution is -2.13. The predicted octanol–water partition coefficient (Wildman–Crippen LogP) is 3.42. The summed E-state index contributed by atoms with van der Waals surface area (Å²) in [6, 6.07) is 9.72. The van der Waals surface area contributed by atoms with Crippen LogP contribution >= 0.6 is 15.9 Å². The van der Waals surface area contributed by atoms with Gasteiger partial charge in [-0.15, -0.1) is 0 Å². The minimum atomic E-state index is -3.50. The highest BCUT2D eigenvalue weighted by Crippen LogP contribution is 2.26. The SMILES string of the molecule is COc1ccc(C(=O)Nc2ccc(Br)c(C)c2)cc1S(C)(=O)=O. The number of aryl methyl sites for hydroxylation is 1. The number of carbonyl (C=O) groups is 1. The van der Waals surface area contributed by atoms with Gasteiger partial charge in [-0.1, -0.05) is 15.9 Å². The molecule has 0 spiro atoms. The quantitative estimate of drug-likeness (QED) is 0.857. The fourth-order valence-corrected chi connectivity index (χ4v) is 3.14. The maximum absolute atomic E-state index is 12.3. The van der Waals surface area contributed by atoms with Gasteiger partial charge >= 0.3 is 0 Å². The van der Waals surface area contributed by atoms with Crippen LogP contribution in [0.3, 0.4) is 0 Å². The molecule has 2 rings (SSSR count). The van der Waals surface area contributed by atoms with Crippen LogP contribution in [-0.4, -0.2) is 27.7 Å². The van der Waals surface area contributed by atoms with Crippen LogP contribution in [-0.2, 0) is 9.84 Å². The van der Waals surface area contributed by atoms with E-state index in [1.54, 1.807) is 6.07 Å². The van der Waals surface area contributed by atoms with Crippen LogP contribution in [0.2, 0.25) is 0 Å². The standard InChI is InChI=1S/C16H16BrNO4S/c1-10-8-12(5-6-13(10)17)18-16(19)11-4-7-14(22-2)15(9-11)23(3,20)21/h4-9H,1-3H3,(H,18,19). The fourth-order valence-electron chi connectivity index (χ4n) is 2.03. The Kier molecular flexibility index (Phi) is 5.11. The Hall–Kier alpha value is -1.86. The number of rotatable bonds is 4. The molecule has 7 heteroatoms. The van der Waals surface area contributed by atoms with Crippen LogP contribution in [0, 0.1) is 6.92 Å². The first-order valence-electron chi connectivity index (χ1n) is 6.68. The van der Waals surface area contributed by atoms with E-state index in [9.17, 15) is 13.2 Å². The maximum Gasteiger partial charge on any atom is 0.255 e. The molecule has 0 saturated heterocycles. The van der Waals surface area contributed by atoms with Gasteiger partial charge in [-0.3, -0.25) is 4.79 Å². The minimum Gasteiger partial charge on any atom is -0.495 e. The summed E-state index contributed by atoms with van der Waals surface area (Å²) < 4.78 is 29.6. The number of ether oxygens (including phenoxy) is 1. The van der Waals surface area contributed by atoms with Crippen molar-refractivity contribution in [3.63, 3.8) is 0 Å². The molecular weight excluding hydrogens is 382 g/mol. The summed E-state index contributed by atoms with van der Waals surface area (Å²) in [7, 11) is -2.11. The van der Waals surface area contributed by atoms with Crippen LogP contribution in [0.4, 0.5) is 5.69 Å². The monoisotopic (exact) mass is 397 g/mol. The van der Waals surface area contributed by atoms with E-state index in [2.05, 4.69) is 21.2 Å². The summed E-state index contributed by atoms with van der Waals surface area (Å²) >= 11 is 3.39. The highest BCUT2D eigenvalue weighted by molar-refractivity contribution is 9.10. The second kappa shape index (κ2) is 6.72. The fraction of sp³-hybridized carbons (Fsp3) is 0.188. The van der Waals surface area contributed by atoms with E-state index in [1.165, 1.54) is 25.3 Å². The molecule has 122 valence electrons. The molecule has 0 fully saturated rings. The lowest BCUT2D eigenvalue weighted by Gasteiger charge is -2.10. The molecule has 0 saturated carbocycles. The molecule has 23 heavy (non-hydrogen) atoms. The van der Waals surface area contributed by atoms with Crippen LogP contribution in [0.1, 0.15) is 15.9 Å². The van der Waals surface area contributed by atoms with Crippen molar-refractivity contribution in [2.75, 3.05) is 18.7 Å². The Morgan fingerprint density at radius 3 is 2.43 bits per heavy atom. The molecule has 0 aliphatic rings. The van der Waals surface area contributed by atoms with Crippen LogP contribution in [0.25, 0.3) is 0 Å². The van der Waals surface area contributed by atoms with E-state index in [4.69, 9.17) is 4.74 Å². The number of anilines is 1. The van der Waals surface area contributed by atoms with Gasteiger partial charge < -0.3 is 10.1 Å². The molecule has 2 aromatic carbocycles. The third-order valence-electron chi connectivity index (χ3n) is 3.24. The Morgan fingerprint density at radius 2 is 1.87 bits per heavy atom. The van der Waals surface area contributed by atoms with Crippen molar-refractivity contribution in [3.8, 4) is 5.75 Å². The third-order valence-corrected chi connectivity index (χ3v) is 5.25. The van der Waals surface area contributed by atoms with Gasteiger partial charge in [-0.05, 0) is 48.9 Å². The number of sulfone groups is 1. The highest BCUT2D eigenvalue weighted by atomic mass is 79.9. The maximum atomic E-state index is 12.3. The first-order chi connectivity index (χ1) is 10.7. The number of methoxy groups -OCH3 is 1. The smallest absolute Gasteiger partial charge is 0.255 e. The van der Waals surface area contributed by atoms with Crippen molar-refractivity contribution < 1.29 is 17.9 Å². The van der Waals surface area contributed by atoms with E-state index in [-0.39, 0.29) is 22.1 Å². The van der Waals surface area contributed by atoms with Crippen molar-refractivity contribution in [1.29, 1.82) is 0 Å². The summed E-state index contributed by atoms with van der Waals surface area (Å²) in [4.78, 5) is 12.3. The van der Waals surface area contributed by atoms with Gasteiger partial charge in [0.05, 0.1) is 7.11 Å². The number of carbonyl (C=O) groups excluding carboxylic acids is 1. The highest BCUT2D eigenvalue weighted by Gasteiger charge is 2.17. The molecule has 2 aromatic rings. The zero-order valence-electron chi connectivity index (χ0n) is 12.9. The van der Waals surface area contributed by atoms with Gasteiger partial charge in [-0.2, -0.15) is 0 Å². The van der Waals surface area contributed by atoms with Crippen LogP contribution < -0.4 is 10.1 Å². The first-order valence-corrected chi connectivity index (χ1v) is 9.36. The summed E-state index contributed by atoms with van der Waals surface area (Å²) in [6.07, 6.45) is 1.07. The van der Waals surface area contributed by atoms with Crippen LogP contribution in [0.5, 0.6) is 5.75 Å². The molecule has 1 amide bonds. The van der Waals surface area contributed by atoms with Gasteiger partial charge in [0.25, 0.3) is 5.91 Å². The van der Waals surface area contributed by atoms with Crippen molar-refractivity contribution in [2.24, 2.45) is 0 Å². The Labute approximate surface area is 143 Å². The van der Waals surface area contributed by atoms with Crippen molar-refractivity contribution in [3.05, 3.63) is 52.0 Å². The second-order valence-electron chi connectivity index (χ2n) is 5.06. The van der Waals surface area contributed by atoms with Gasteiger partial charge in [0, 0.05) is 22.0 Å². The average molecular weight is 398 g/mol. The lowest BCUT2D eigenvalue weighted by molar-refractivity contribution is 0.102. The number of halogens is 1. The topological polar surface area (TPSA) is 72.5 Å². The van der Waals surface area contributed by atoms with Crippen LogP contribution in [0.15, 0.2) is 45.8 Å². The zero-order valence-corrected chi connectivity index (χ0v) is 15.3. The number of amides is 1. The van der Waals surface area contributed by atoms with E-state index in [1.807, 2.05) is 19.1 Å². The number of benzene rings is 2. The molecule has 0 aliphatic heterocycles. The predicted molar refractivity (Wildman–Crippen MR) is 92.9 cm³/mol. The molecule has 5 nitrogen and oxygen atoms in total. The number of hydrogen-bond donors (Lipinski definition) is 1. The first kappa shape index (κ1) is 17.5. The largest absolute Gasteiger partial charge is 0.495 e. The summed E-state index contributed by atoms with van der Waals surface area (Å²) in [5.74, 6) is -0.178. The summed E-state index contributed by atoms with van der Waals surface area (Å²) in [5.41, 5.74) is 1.86. The lowest BCUT2D eigenvalue weighted by atomic mass is 10.2. The molecule has 0 radical (unpaired) electrons.